The highest BCUT2D eigenvalue weighted by atomic mass is 16.6. The Kier molecular flexibility index (Phi) is 13.3. The summed E-state index contributed by atoms with van der Waals surface area (Å²) in [5.41, 5.74) is 0.482. The van der Waals surface area contributed by atoms with Crippen LogP contribution in [0.2, 0.25) is 0 Å². The Morgan fingerprint density at radius 3 is 1.82 bits per heavy atom. The second-order valence-electron chi connectivity index (χ2n) is 6.21. The maximum absolute atomic E-state index is 11.8. The van der Waals surface area contributed by atoms with Crippen molar-refractivity contribution in [2.24, 2.45) is 0 Å². The summed E-state index contributed by atoms with van der Waals surface area (Å²) in [6.07, 6.45) is 10.7. The highest BCUT2D eigenvalue weighted by Crippen LogP contribution is 2.13. The first kappa shape index (κ1) is 21.2. The lowest BCUT2D eigenvalue weighted by molar-refractivity contribution is -0.155. The Hall–Kier alpha value is -0.830. The smallest absolute Gasteiger partial charge is 0.334 e. The molecular formula is C19H37NO2. The zero-order chi connectivity index (χ0) is 16.8. The number of ether oxygens (including phenoxy) is 1. The first-order valence-corrected chi connectivity index (χ1v) is 9.17. The van der Waals surface area contributed by atoms with Crippen molar-refractivity contribution in [3.8, 4) is 0 Å². The molecule has 0 rings (SSSR count). The molecule has 0 amide bonds. The Labute approximate surface area is 138 Å². The quantitative estimate of drug-likeness (QED) is 0.188. The average molecular weight is 312 g/mol. The van der Waals surface area contributed by atoms with Gasteiger partial charge in [0.2, 0.25) is 0 Å². The summed E-state index contributed by atoms with van der Waals surface area (Å²) in [7, 11) is 0. The van der Waals surface area contributed by atoms with E-state index in [1.807, 2.05) is 0 Å². The van der Waals surface area contributed by atoms with Crippen LogP contribution < -0.4 is 0 Å². The normalized spacial score (nSPS) is 12.4. The van der Waals surface area contributed by atoms with E-state index in [1.165, 1.54) is 51.4 Å². The monoisotopic (exact) mass is 311 g/mol. The molecule has 1 atom stereocenters. The van der Waals surface area contributed by atoms with E-state index < -0.39 is 0 Å². The van der Waals surface area contributed by atoms with Crippen LogP contribution in [0.5, 0.6) is 0 Å². The number of rotatable bonds is 14. The van der Waals surface area contributed by atoms with Gasteiger partial charge in [-0.1, -0.05) is 65.9 Å². The summed E-state index contributed by atoms with van der Waals surface area (Å²) in [6.45, 7) is 14.0. The third-order valence-electron chi connectivity index (χ3n) is 3.95. The molecule has 0 fully saturated rings. The van der Waals surface area contributed by atoms with Crippen molar-refractivity contribution in [1.29, 1.82) is 0 Å². The first-order valence-electron chi connectivity index (χ1n) is 9.17. The van der Waals surface area contributed by atoms with Crippen molar-refractivity contribution >= 4 is 5.97 Å². The van der Waals surface area contributed by atoms with Crippen molar-refractivity contribution in [2.45, 2.75) is 91.7 Å². The van der Waals surface area contributed by atoms with Gasteiger partial charge in [0.25, 0.3) is 0 Å². The molecule has 0 heterocycles. The summed E-state index contributed by atoms with van der Waals surface area (Å²) in [5.74, 6) is -0.265. The van der Waals surface area contributed by atoms with Gasteiger partial charge in [0.05, 0.1) is 0 Å². The summed E-state index contributed by atoms with van der Waals surface area (Å²) < 4.78 is 5.62. The lowest BCUT2D eigenvalue weighted by atomic mass is 10.1. The molecule has 0 saturated heterocycles. The standard InChI is InChI=1S/C19H37NO2/c1-6-9-11-13-15-20(16-14-12-10-7-2)18(8-3)22-19(21)17(4)5/h18H,4,6-16H2,1-3,5H3. The molecule has 0 aromatic rings. The van der Waals surface area contributed by atoms with Gasteiger partial charge in [0.15, 0.2) is 6.23 Å². The fourth-order valence-corrected chi connectivity index (χ4v) is 2.52. The van der Waals surface area contributed by atoms with Crippen molar-refractivity contribution in [2.75, 3.05) is 13.1 Å². The molecule has 0 saturated carbocycles. The molecule has 130 valence electrons. The maximum atomic E-state index is 11.8. The Bertz CT molecular complexity index is 290. The number of nitrogens with zero attached hydrogens (tertiary/aromatic N) is 1. The molecule has 1 unspecified atom stereocenters. The number of carbonyl (C=O) groups is 1. The summed E-state index contributed by atoms with van der Waals surface area (Å²) >= 11 is 0. The number of esters is 1. The molecule has 0 aliphatic heterocycles. The van der Waals surface area contributed by atoms with Crippen LogP contribution in [-0.4, -0.2) is 30.2 Å². The van der Waals surface area contributed by atoms with Gasteiger partial charge >= 0.3 is 5.97 Å². The van der Waals surface area contributed by atoms with E-state index in [4.69, 9.17) is 4.74 Å². The first-order chi connectivity index (χ1) is 10.6. The highest BCUT2D eigenvalue weighted by molar-refractivity contribution is 5.87. The predicted molar refractivity (Wildman–Crippen MR) is 94.8 cm³/mol. The molecular weight excluding hydrogens is 274 g/mol. The molecule has 0 radical (unpaired) electrons. The van der Waals surface area contributed by atoms with Crippen molar-refractivity contribution in [3.05, 3.63) is 12.2 Å². The zero-order valence-electron chi connectivity index (χ0n) is 15.3. The zero-order valence-corrected chi connectivity index (χ0v) is 15.3. The van der Waals surface area contributed by atoms with Crippen LogP contribution in [0.25, 0.3) is 0 Å². The summed E-state index contributed by atoms with van der Waals surface area (Å²) in [5, 5.41) is 0. The molecule has 0 N–H and O–H groups in total. The van der Waals surface area contributed by atoms with Gasteiger partial charge in [-0.3, -0.25) is 4.90 Å². The number of hydrogen-bond donors (Lipinski definition) is 0. The second-order valence-corrected chi connectivity index (χ2v) is 6.21. The largest absolute Gasteiger partial charge is 0.443 e. The molecule has 0 bridgehead atoms. The molecule has 0 aliphatic rings. The van der Waals surface area contributed by atoms with Gasteiger partial charge in [-0.05, 0) is 26.2 Å². The minimum Gasteiger partial charge on any atom is -0.443 e. The Morgan fingerprint density at radius 1 is 0.955 bits per heavy atom. The van der Waals surface area contributed by atoms with Gasteiger partial charge in [-0.25, -0.2) is 4.79 Å². The molecule has 0 aliphatic carbocycles. The minimum atomic E-state index is -0.265. The van der Waals surface area contributed by atoms with Crippen LogP contribution in [-0.2, 0) is 9.53 Å². The molecule has 3 nitrogen and oxygen atoms in total. The predicted octanol–water partition coefficient (Wildman–Crippen LogP) is 5.30. The number of hydrogen-bond acceptors (Lipinski definition) is 3. The molecule has 0 aromatic carbocycles. The van der Waals surface area contributed by atoms with Crippen molar-refractivity contribution in [1.82, 2.24) is 4.90 Å². The van der Waals surface area contributed by atoms with E-state index in [2.05, 4.69) is 32.3 Å². The van der Waals surface area contributed by atoms with Crippen LogP contribution in [0.4, 0.5) is 0 Å². The maximum Gasteiger partial charge on any atom is 0.334 e. The van der Waals surface area contributed by atoms with Gasteiger partial charge < -0.3 is 4.74 Å². The topological polar surface area (TPSA) is 29.5 Å². The van der Waals surface area contributed by atoms with E-state index in [0.29, 0.717) is 5.57 Å². The fourth-order valence-electron chi connectivity index (χ4n) is 2.52. The third-order valence-corrected chi connectivity index (χ3v) is 3.95. The second kappa shape index (κ2) is 13.8. The molecule has 3 heteroatoms. The summed E-state index contributed by atoms with van der Waals surface area (Å²) in [6, 6.07) is 0. The lowest BCUT2D eigenvalue weighted by Gasteiger charge is -2.30. The van der Waals surface area contributed by atoms with Crippen molar-refractivity contribution in [3.63, 3.8) is 0 Å². The SMILES string of the molecule is C=C(C)C(=O)OC(CC)N(CCCCCC)CCCCCC. The van der Waals surface area contributed by atoms with E-state index in [1.54, 1.807) is 6.92 Å². The van der Waals surface area contributed by atoms with Crippen molar-refractivity contribution < 1.29 is 9.53 Å². The highest BCUT2D eigenvalue weighted by Gasteiger charge is 2.20. The Balaban J connectivity index is 4.46. The molecule has 22 heavy (non-hydrogen) atoms. The van der Waals surface area contributed by atoms with E-state index in [9.17, 15) is 4.79 Å². The number of carbonyl (C=O) groups excluding carboxylic acids is 1. The fraction of sp³-hybridized carbons (Fsp3) is 0.842. The van der Waals surface area contributed by atoms with Crippen LogP contribution >= 0.6 is 0 Å². The average Bonchev–Trinajstić information content (AvgIpc) is 2.51. The van der Waals surface area contributed by atoms with Crippen LogP contribution in [0, 0.1) is 0 Å². The van der Waals surface area contributed by atoms with Gasteiger partial charge in [-0.2, -0.15) is 0 Å². The van der Waals surface area contributed by atoms with E-state index >= 15 is 0 Å². The van der Waals surface area contributed by atoms with E-state index in [0.717, 1.165) is 19.5 Å². The summed E-state index contributed by atoms with van der Waals surface area (Å²) in [4.78, 5) is 14.2. The molecule has 0 aromatic heterocycles. The minimum absolute atomic E-state index is 0.104. The van der Waals surface area contributed by atoms with Crippen LogP contribution in [0.15, 0.2) is 12.2 Å². The van der Waals surface area contributed by atoms with Crippen LogP contribution in [0.3, 0.4) is 0 Å². The van der Waals surface area contributed by atoms with Gasteiger partial charge in [-0.15, -0.1) is 0 Å². The van der Waals surface area contributed by atoms with Gasteiger partial charge in [0.1, 0.15) is 0 Å². The van der Waals surface area contributed by atoms with Gasteiger partial charge in [0, 0.05) is 18.7 Å². The third kappa shape index (κ3) is 9.99. The Morgan fingerprint density at radius 2 is 1.45 bits per heavy atom. The number of unbranched alkanes of at least 4 members (excludes halogenated alkanes) is 6. The lowest BCUT2D eigenvalue weighted by Crippen LogP contribution is -2.40. The van der Waals surface area contributed by atoms with E-state index in [-0.39, 0.29) is 12.2 Å². The van der Waals surface area contributed by atoms with Crippen LogP contribution in [0.1, 0.15) is 85.5 Å². The molecule has 0 spiro atoms.